The highest BCUT2D eigenvalue weighted by atomic mass is 16.2. The van der Waals surface area contributed by atoms with Gasteiger partial charge >= 0.3 is 0 Å². The number of aryl methyl sites for hydroxylation is 2. The number of hydrogen-bond acceptors (Lipinski definition) is 2. The molecule has 0 saturated heterocycles. The van der Waals surface area contributed by atoms with Gasteiger partial charge in [-0.25, -0.2) is 0 Å². The molecule has 2 atom stereocenters. The van der Waals surface area contributed by atoms with E-state index in [1.165, 1.54) is 11.1 Å². The summed E-state index contributed by atoms with van der Waals surface area (Å²) in [5, 5.41) is 8.95. The van der Waals surface area contributed by atoms with E-state index in [-0.39, 0.29) is 18.0 Å². The highest BCUT2D eigenvalue weighted by molar-refractivity contribution is 5.86. The van der Waals surface area contributed by atoms with Crippen LogP contribution in [0.15, 0.2) is 48.5 Å². The van der Waals surface area contributed by atoms with Crippen LogP contribution in [0.1, 0.15) is 48.7 Å². The van der Waals surface area contributed by atoms with Crippen LogP contribution in [0.2, 0.25) is 0 Å². The van der Waals surface area contributed by atoms with Crippen LogP contribution in [0.4, 0.5) is 0 Å². The number of aromatic nitrogens is 2. The Morgan fingerprint density at radius 3 is 2.84 bits per heavy atom. The van der Waals surface area contributed by atoms with Crippen molar-refractivity contribution in [2.24, 2.45) is 0 Å². The van der Waals surface area contributed by atoms with E-state index in [0.29, 0.717) is 0 Å². The first kappa shape index (κ1) is 15.9. The second-order valence-corrected chi connectivity index (χ2v) is 6.88. The van der Waals surface area contributed by atoms with Gasteiger partial charge in [-0.2, -0.15) is 5.10 Å². The molecule has 0 bridgehead atoms. The van der Waals surface area contributed by atoms with Gasteiger partial charge in [0.1, 0.15) is 6.04 Å². The molecule has 3 aromatic rings. The van der Waals surface area contributed by atoms with E-state index in [9.17, 15) is 4.79 Å². The van der Waals surface area contributed by atoms with E-state index >= 15 is 0 Å². The Balaban J connectivity index is 1.59. The molecule has 25 heavy (non-hydrogen) atoms. The molecule has 2 unspecified atom stereocenters. The third kappa shape index (κ3) is 2.82. The summed E-state index contributed by atoms with van der Waals surface area (Å²) >= 11 is 0. The summed E-state index contributed by atoms with van der Waals surface area (Å²) in [6, 6.07) is 16.3. The van der Waals surface area contributed by atoms with Gasteiger partial charge in [-0.15, -0.1) is 0 Å². The molecule has 4 nitrogen and oxygen atoms in total. The van der Waals surface area contributed by atoms with Crippen LogP contribution in [0, 0.1) is 6.92 Å². The average Bonchev–Trinajstić information content (AvgIpc) is 2.98. The molecule has 4 heteroatoms. The Hall–Kier alpha value is -2.62. The maximum atomic E-state index is 12.9. The lowest BCUT2D eigenvalue weighted by atomic mass is 9.87. The molecule has 1 aromatic heterocycles. The minimum Gasteiger partial charge on any atom is -0.347 e. The number of hydrogen-bond donors (Lipinski definition) is 1. The average molecular weight is 333 g/mol. The Kier molecular flexibility index (Phi) is 4.04. The van der Waals surface area contributed by atoms with Crippen LogP contribution in [0.5, 0.6) is 0 Å². The van der Waals surface area contributed by atoms with Crippen LogP contribution in [-0.2, 0) is 11.2 Å². The molecule has 2 aromatic carbocycles. The summed E-state index contributed by atoms with van der Waals surface area (Å²) in [6.45, 7) is 3.91. The zero-order valence-electron chi connectivity index (χ0n) is 14.7. The van der Waals surface area contributed by atoms with Crippen molar-refractivity contribution >= 4 is 16.8 Å². The van der Waals surface area contributed by atoms with Crippen molar-refractivity contribution in [3.63, 3.8) is 0 Å². The number of carbonyl (C=O) groups is 1. The fourth-order valence-electron chi connectivity index (χ4n) is 3.85. The molecule has 4 rings (SSSR count). The predicted molar refractivity (Wildman–Crippen MR) is 99.4 cm³/mol. The van der Waals surface area contributed by atoms with Crippen molar-refractivity contribution < 1.29 is 4.79 Å². The fraction of sp³-hybridized carbons (Fsp3) is 0.333. The van der Waals surface area contributed by atoms with Crippen LogP contribution in [-0.4, -0.2) is 15.7 Å². The Labute approximate surface area is 147 Å². The van der Waals surface area contributed by atoms with Gasteiger partial charge in [0.25, 0.3) is 0 Å². The molecule has 0 radical (unpaired) electrons. The first-order chi connectivity index (χ1) is 12.1. The van der Waals surface area contributed by atoms with E-state index in [1.807, 2.05) is 36.7 Å². The molecule has 1 aliphatic rings. The number of nitrogens with zero attached hydrogens (tertiary/aromatic N) is 2. The van der Waals surface area contributed by atoms with Gasteiger partial charge in [-0.1, -0.05) is 42.5 Å². The largest absolute Gasteiger partial charge is 0.347 e. The summed E-state index contributed by atoms with van der Waals surface area (Å²) < 4.78 is 1.84. The highest BCUT2D eigenvalue weighted by Crippen LogP contribution is 2.30. The lowest BCUT2D eigenvalue weighted by Crippen LogP contribution is -2.36. The van der Waals surface area contributed by atoms with E-state index in [1.54, 1.807) is 0 Å². The molecular formula is C21H23N3O. The summed E-state index contributed by atoms with van der Waals surface area (Å²) in [4.78, 5) is 12.9. The molecule has 0 fully saturated rings. The van der Waals surface area contributed by atoms with E-state index in [0.717, 1.165) is 35.9 Å². The summed E-state index contributed by atoms with van der Waals surface area (Å²) in [5.74, 6) is 0.0231. The van der Waals surface area contributed by atoms with E-state index in [4.69, 9.17) is 0 Å². The van der Waals surface area contributed by atoms with Gasteiger partial charge in [-0.3, -0.25) is 9.48 Å². The monoisotopic (exact) mass is 333 g/mol. The van der Waals surface area contributed by atoms with Crippen LogP contribution >= 0.6 is 0 Å². The first-order valence-electron chi connectivity index (χ1n) is 8.97. The molecule has 0 saturated carbocycles. The van der Waals surface area contributed by atoms with E-state index < -0.39 is 0 Å². The molecule has 0 spiro atoms. The van der Waals surface area contributed by atoms with Crippen LogP contribution < -0.4 is 5.32 Å². The zero-order valence-corrected chi connectivity index (χ0v) is 14.7. The Bertz CT molecular complexity index is 928. The maximum absolute atomic E-state index is 12.9. The van der Waals surface area contributed by atoms with Crippen LogP contribution in [0.3, 0.4) is 0 Å². The summed E-state index contributed by atoms with van der Waals surface area (Å²) in [5.41, 5.74) is 4.58. The minimum atomic E-state index is -0.340. The summed E-state index contributed by atoms with van der Waals surface area (Å²) in [7, 11) is 0. The second kappa shape index (κ2) is 6.36. The van der Waals surface area contributed by atoms with Crippen LogP contribution in [0.25, 0.3) is 10.9 Å². The molecule has 0 aliphatic heterocycles. The van der Waals surface area contributed by atoms with Gasteiger partial charge in [0.2, 0.25) is 5.91 Å². The lowest BCUT2D eigenvalue weighted by Gasteiger charge is -2.27. The molecule has 1 amide bonds. The maximum Gasteiger partial charge on any atom is 0.245 e. The number of rotatable bonds is 3. The Morgan fingerprint density at radius 1 is 1.20 bits per heavy atom. The lowest BCUT2D eigenvalue weighted by molar-refractivity contribution is -0.124. The third-order valence-electron chi connectivity index (χ3n) is 5.23. The summed E-state index contributed by atoms with van der Waals surface area (Å²) in [6.07, 6.45) is 3.20. The first-order valence-corrected chi connectivity index (χ1v) is 8.97. The molecule has 1 heterocycles. The van der Waals surface area contributed by atoms with Crippen molar-refractivity contribution in [3.05, 3.63) is 65.4 Å². The molecular weight excluding hydrogens is 310 g/mol. The molecule has 128 valence electrons. The number of para-hydroxylation sites is 1. The van der Waals surface area contributed by atoms with E-state index in [2.05, 4.69) is 40.7 Å². The van der Waals surface area contributed by atoms with Gasteiger partial charge < -0.3 is 5.32 Å². The van der Waals surface area contributed by atoms with Crippen molar-refractivity contribution in [2.75, 3.05) is 0 Å². The van der Waals surface area contributed by atoms with Gasteiger partial charge in [-0.05, 0) is 50.3 Å². The molecule has 1 N–H and O–H groups in total. The topological polar surface area (TPSA) is 46.9 Å². The SMILES string of the molecule is Cc1nn(C(C)C(=O)NC2CCCc3ccccc32)c2ccccc12. The van der Waals surface area contributed by atoms with Gasteiger partial charge in [0.05, 0.1) is 17.3 Å². The number of benzene rings is 2. The van der Waals surface area contributed by atoms with Gasteiger partial charge in [0, 0.05) is 5.39 Å². The predicted octanol–water partition coefficient (Wildman–Crippen LogP) is 4.10. The Morgan fingerprint density at radius 2 is 1.96 bits per heavy atom. The fourth-order valence-corrected chi connectivity index (χ4v) is 3.85. The number of fused-ring (bicyclic) bond motifs is 2. The van der Waals surface area contributed by atoms with Crippen molar-refractivity contribution in [1.82, 2.24) is 15.1 Å². The zero-order chi connectivity index (χ0) is 17.4. The third-order valence-corrected chi connectivity index (χ3v) is 5.23. The minimum absolute atomic E-state index is 0.0231. The number of nitrogens with one attached hydrogen (secondary N) is 1. The normalized spacial score (nSPS) is 17.9. The number of amides is 1. The molecule has 1 aliphatic carbocycles. The highest BCUT2D eigenvalue weighted by Gasteiger charge is 2.25. The quantitative estimate of drug-likeness (QED) is 0.784. The standard InChI is InChI=1S/C21H23N3O/c1-14-17-10-5-6-13-20(17)24(23-14)15(2)21(25)22-19-12-7-9-16-8-3-4-11-18(16)19/h3-6,8,10-11,13,15,19H,7,9,12H2,1-2H3,(H,22,25). The number of carbonyl (C=O) groups excluding carboxylic acids is 1. The van der Waals surface area contributed by atoms with Crippen molar-refractivity contribution in [1.29, 1.82) is 0 Å². The second-order valence-electron chi connectivity index (χ2n) is 6.88. The van der Waals surface area contributed by atoms with Crippen molar-refractivity contribution in [2.45, 2.75) is 45.2 Å². The van der Waals surface area contributed by atoms with Crippen molar-refractivity contribution in [3.8, 4) is 0 Å². The van der Waals surface area contributed by atoms with Gasteiger partial charge in [0.15, 0.2) is 0 Å². The smallest absolute Gasteiger partial charge is 0.245 e.